The summed E-state index contributed by atoms with van der Waals surface area (Å²) in [4.78, 5) is 0. The summed E-state index contributed by atoms with van der Waals surface area (Å²) in [6, 6.07) is 5.35. The van der Waals surface area contributed by atoms with Crippen LogP contribution >= 0.6 is 0 Å². The molecule has 0 aliphatic rings. The molecule has 1 radical (unpaired) electrons. The third-order valence-corrected chi connectivity index (χ3v) is 1.91. The van der Waals surface area contributed by atoms with Crippen molar-refractivity contribution in [1.82, 2.24) is 0 Å². The molecule has 0 saturated carbocycles. The first-order chi connectivity index (χ1) is 7.16. The van der Waals surface area contributed by atoms with Crippen LogP contribution in [0.15, 0.2) is 18.2 Å². The van der Waals surface area contributed by atoms with Crippen molar-refractivity contribution >= 4 is 20.8 Å². The van der Waals surface area contributed by atoms with Crippen molar-refractivity contribution in [3.8, 4) is 11.5 Å². The van der Waals surface area contributed by atoms with E-state index in [9.17, 15) is 16.8 Å². The molecule has 0 heterocycles. The van der Waals surface area contributed by atoms with Gasteiger partial charge in [0, 0.05) is 0 Å². The zero-order valence-electron chi connectivity index (χ0n) is 7.39. The lowest BCUT2D eigenvalue weighted by Gasteiger charge is -2.03. The molecular weight excluding hydrogens is 264 g/mol. The van der Waals surface area contributed by atoms with E-state index in [1.807, 2.05) is 6.07 Å². The van der Waals surface area contributed by atoms with E-state index in [0.29, 0.717) is 0 Å². The highest BCUT2D eigenvalue weighted by Crippen LogP contribution is 2.20. The summed E-state index contributed by atoms with van der Waals surface area (Å²) in [5.74, 6) is -0.993. The van der Waals surface area contributed by atoms with E-state index in [0.717, 1.165) is 18.2 Å². The maximum Gasteiger partial charge on any atom is 0.446 e. The molecule has 2 N–H and O–H groups in total. The van der Waals surface area contributed by atoms with Crippen LogP contribution in [-0.4, -0.2) is 25.9 Å². The van der Waals surface area contributed by atoms with Crippen LogP contribution in [0.4, 0.5) is 0 Å². The summed E-state index contributed by atoms with van der Waals surface area (Å²) in [6.07, 6.45) is 0. The first-order valence-electron chi connectivity index (χ1n) is 3.52. The van der Waals surface area contributed by atoms with Gasteiger partial charge in [0.15, 0.2) is 11.5 Å². The molecule has 8 nitrogen and oxygen atoms in total. The zero-order valence-corrected chi connectivity index (χ0v) is 9.03. The molecule has 89 valence electrons. The highest BCUT2D eigenvalue weighted by molar-refractivity contribution is 7.81. The summed E-state index contributed by atoms with van der Waals surface area (Å²) in [6.45, 7) is 0. The van der Waals surface area contributed by atoms with Crippen LogP contribution in [0.5, 0.6) is 11.5 Å². The summed E-state index contributed by atoms with van der Waals surface area (Å²) < 4.78 is 65.8. The first kappa shape index (κ1) is 12.7. The minimum Gasteiger partial charge on any atom is -0.361 e. The van der Waals surface area contributed by atoms with E-state index in [2.05, 4.69) is 8.37 Å². The van der Waals surface area contributed by atoms with Crippen LogP contribution < -0.4 is 8.37 Å². The Balaban J connectivity index is 2.96. The van der Waals surface area contributed by atoms with Gasteiger partial charge >= 0.3 is 20.8 Å². The normalized spacial score (nSPS) is 12.1. The van der Waals surface area contributed by atoms with Crippen LogP contribution in [0.3, 0.4) is 0 Å². The van der Waals surface area contributed by atoms with Crippen molar-refractivity contribution in [3.63, 3.8) is 0 Å². The van der Waals surface area contributed by atoms with Crippen molar-refractivity contribution in [2.75, 3.05) is 0 Å². The van der Waals surface area contributed by atoms with Crippen molar-refractivity contribution in [1.29, 1.82) is 0 Å². The molecule has 1 rings (SSSR count). The Morgan fingerprint density at radius 3 is 1.62 bits per heavy atom. The fourth-order valence-corrected chi connectivity index (χ4v) is 1.40. The monoisotopic (exact) mass is 269 g/mol. The van der Waals surface area contributed by atoms with Gasteiger partial charge in [0.05, 0.1) is 6.07 Å². The molecule has 0 unspecified atom stereocenters. The van der Waals surface area contributed by atoms with Gasteiger partial charge in [0.2, 0.25) is 0 Å². The molecule has 0 atom stereocenters. The number of rotatable bonds is 4. The molecule has 10 heteroatoms. The molecule has 0 saturated heterocycles. The average Bonchev–Trinajstić information content (AvgIpc) is 1.96. The standard InChI is InChI=1S/C6H5O8S2/c7-15(8,9)13-5-2-1-3-6(4-5)14-16(10,11)12/h1-3H,(H,7,8,9)(H,10,11,12). The molecule has 0 amide bonds. The Labute approximate surface area is 91.3 Å². The predicted octanol–water partition coefficient (Wildman–Crippen LogP) is -0.150. The van der Waals surface area contributed by atoms with Gasteiger partial charge in [0.25, 0.3) is 0 Å². The third kappa shape index (κ3) is 4.93. The van der Waals surface area contributed by atoms with E-state index in [4.69, 9.17) is 9.11 Å². The van der Waals surface area contributed by atoms with Crippen molar-refractivity contribution < 1.29 is 34.3 Å². The summed E-state index contributed by atoms with van der Waals surface area (Å²) in [7, 11) is -9.47. The molecule has 16 heavy (non-hydrogen) atoms. The van der Waals surface area contributed by atoms with Gasteiger partial charge in [-0.15, -0.1) is 0 Å². The largest absolute Gasteiger partial charge is 0.446 e. The van der Waals surface area contributed by atoms with E-state index < -0.39 is 32.3 Å². The summed E-state index contributed by atoms with van der Waals surface area (Å²) in [5.41, 5.74) is 0. The number of benzene rings is 1. The number of hydrogen-bond donors (Lipinski definition) is 2. The van der Waals surface area contributed by atoms with Crippen molar-refractivity contribution in [3.05, 3.63) is 24.3 Å². The second kappa shape index (κ2) is 4.25. The van der Waals surface area contributed by atoms with Gasteiger partial charge in [-0.2, -0.15) is 16.8 Å². The summed E-state index contributed by atoms with van der Waals surface area (Å²) >= 11 is 0. The molecule has 1 aromatic rings. The second-order valence-corrected chi connectivity index (χ2v) is 4.45. The van der Waals surface area contributed by atoms with E-state index in [1.54, 1.807) is 0 Å². The second-order valence-electron chi connectivity index (χ2n) is 2.40. The van der Waals surface area contributed by atoms with Crippen LogP contribution in [0.2, 0.25) is 0 Å². The fourth-order valence-electron chi connectivity index (χ4n) is 0.752. The maximum atomic E-state index is 10.3. The molecule has 1 aromatic carbocycles. The summed E-state index contributed by atoms with van der Waals surface area (Å²) in [5, 5.41) is 0. The Hall–Kier alpha value is -1.36. The van der Waals surface area contributed by atoms with Crippen LogP contribution in [0.1, 0.15) is 0 Å². The Bertz CT molecular complexity index is 523. The van der Waals surface area contributed by atoms with Gasteiger partial charge in [-0.1, -0.05) is 6.07 Å². The zero-order chi connectivity index (χ0) is 12.4. The minimum absolute atomic E-state index is 0.497. The number of hydrogen-bond acceptors (Lipinski definition) is 6. The highest BCUT2D eigenvalue weighted by Gasteiger charge is 2.11. The SMILES string of the molecule is O=S(=O)(O)Oc1[c]c(OS(=O)(=O)O)ccc1. The van der Waals surface area contributed by atoms with Gasteiger partial charge in [-0.25, -0.2) is 0 Å². The van der Waals surface area contributed by atoms with Crippen LogP contribution in [0, 0.1) is 6.07 Å². The Kier molecular flexibility index (Phi) is 3.38. The van der Waals surface area contributed by atoms with E-state index in [1.165, 1.54) is 0 Å². The lowest BCUT2D eigenvalue weighted by atomic mass is 10.3. The van der Waals surface area contributed by atoms with Gasteiger partial charge in [-0.05, 0) is 12.1 Å². The quantitative estimate of drug-likeness (QED) is 0.722. The maximum absolute atomic E-state index is 10.3. The third-order valence-electron chi connectivity index (χ3n) is 1.13. The molecule has 0 spiro atoms. The first-order valence-corrected chi connectivity index (χ1v) is 6.25. The molecule has 0 fully saturated rings. The van der Waals surface area contributed by atoms with Gasteiger partial charge in [-0.3, -0.25) is 9.11 Å². The molecule has 0 aliphatic carbocycles. The topological polar surface area (TPSA) is 127 Å². The smallest absolute Gasteiger partial charge is 0.361 e. The van der Waals surface area contributed by atoms with E-state index >= 15 is 0 Å². The lowest BCUT2D eigenvalue weighted by molar-refractivity contribution is 0.381. The highest BCUT2D eigenvalue weighted by atomic mass is 32.3. The molecule has 0 aliphatic heterocycles. The van der Waals surface area contributed by atoms with Gasteiger partial charge < -0.3 is 8.37 Å². The molecule has 0 aromatic heterocycles. The average molecular weight is 269 g/mol. The van der Waals surface area contributed by atoms with Crippen molar-refractivity contribution in [2.45, 2.75) is 0 Å². The van der Waals surface area contributed by atoms with Crippen LogP contribution in [-0.2, 0) is 20.8 Å². The predicted molar refractivity (Wildman–Crippen MR) is 49.6 cm³/mol. The van der Waals surface area contributed by atoms with E-state index in [-0.39, 0.29) is 0 Å². The molecule has 0 bridgehead atoms. The van der Waals surface area contributed by atoms with Crippen LogP contribution in [0.25, 0.3) is 0 Å². The molecular formula is C6H5O8S2. The Morgan fingerprint density at radius 2 is 1.31 bits per heavy atom. The fraction of sp³-hybridized carbons (Fsp3) is 0. The van der Waals surface area contributed by atoms with Crippen molar-refractivity contribution in [2.24, 2.45) is 0 Å². The lowest BCUT2D eigenvalue weighted by Crippen LogP contribution is -2.08. The van der Waals surface area contributed by atoms with Gasteiger partial charge in [0.1, 0.15) is 0 Å². The Morgan fingerprint density at radius 1 is 0.938 bits per heavy atom. The minimum atomic E-state index is -4.74.